The molecular formula is C27H43N3O3. The number of hydrogen-bond donors (Lipinski definition) is 1. The maximum atomic E-state index is 12.2. The van der Waals surface area contributed by atoms with Crippen LogP contribution in [0.2, 0.25) is 0 Å². The Morgan fingerprint density at radius 2 is 1.64 bits per heavy atom. The van der Waals surface area contributed by atoms with Crippen molar-refractivity contribution in [3.8, 4) is 0 Å². The first-order valence-electron chi connectivity index (χ1n) is 12.8. The lowest BCUT2D eigenvalue weighted by atomic mass is 10.0. The third-order valence-electron chi connectivity index (χ3n) is 5.99. The number of nitrogens with zero attached hydrogens (tertiary/aromatic N) is 2. The molecule has 0 bridgehead atoms. The van der Waals surface area contributed by atoms with Crippen molar-refractivity contribution in [3.05, 3.63) is 30.1 Å². The second kappa shape index (κ2) is 14.7. The number of para-hydroxylation sites is 2. The first-order chi connectivity index (χ1) is 15.9. The van der Waals surface area contributed by atoms with Gasteiger partial charge in [0.2, 0.25) is 5.91 Å². The Bertz CT molecular complexity index is 859. The zero-order chi connectivity index (χ0) is 24.1. The maximum Gasteiger partial charge on any atom is 0.328 e. The quantitative estimate of drug-likeness (QED) is 0.250. The molecule has 184 valence electrons. The molecule has 0 saturated carbocycles. The van der Waals surface area contributed by atoms with Crippen molar-refractivity contribution >= 4 is 22.9 Å². The highest BCUT2D eigenvalue weighted by molar-refractivity contribution is 5.84. The Morgan fingerprint density at radius 3 is 2.30 bits per heavy atom. The van der Waals surface area contributed by atoms with Gasteiger partial charge in [0.15, 0.2) is 0 Å². The summed E-state index contributed by atoms with van der Waals surface area (Å²) in [7, 11) is 0. The summed E-state index contributed by atoms with van der Waals surface area (Å²) < 4.78 is 7.42. The van der Waals surface area contributed by atoms with Crippen LogP contribution in [-0.4, -0.2) is 34.1 Å². The van der Waals surface area contributed by atoms with Gasteiger partial charge in [0.1, 0.15) is 11.9 Å². The highest BCUT2D eigenvalue weighted by atomic mass is 16.5. The molecule has 0 fully saturated rings. The fourth-order valence-corrected chi connectivity index (χ4v) is 4.29. The molecule has 0 spiro atoms. The normalized spacial score (nSPS) is 12.3. The van der Waals surface area contributed by atoms with E-state index in [1.165, 1.54) is 37.6 Å². The molecule has 0 aliphatic rings. The molecule has 33 heavy (non-hydrogen) atoms. The Labute approximate surface area is 199 Å². The lowest BCUT2D eigenvalue weighted by molar-refractivity contribution is -0.147. The molecule has 1 aromatic heterocycles. The average molecular weight is 458 g/mol. The van der Waals surface area contributed by atoms with Gasteiger partial charge in [-0.25, -0.2) is 9.78 Å². The van der Waals surface area contributed by atoms with E-state index in [4.69, 9.17) is 4.74 Å². The second-order valence-electron chi connectivity index (χ2n) is 9.38. The van der Waals surface area contributed by atoms with E-state index in [1.54, 1.807) is 6.92 Å². The van der Waals surface area contributed by atoms with Crippen LogP contribution in [0.25, 0.3) is 11.0 Å². The summed E-state index contributed by atoms with van der Waals surface area (Å²) in [4.78, 5) is 28.9. The molecule has 6 heteroatoms. The summed E-state index contributed by atoms with van der Waals surface area (Å²) in [5.74, 6) is 1.05. The molecule has 0 aliphatic carbocycles. The minimum Gasteiger partial charge on any atom is -0.464 e. The molecule has 2 aromatic rings. The molecule has 1 atom stereocenters. The number of unbranched alkanes of at least 4 members (excludes halogenated alkanes) is 7. The van der Waals surface area contributed by atoms with Crippen molar-refractivity contribution in [1.29, 1.82) is 0 Å². The van der Waals surface area contributed by atoms with Crippen LogP contribution < -0.4 is 5.32 Å². The third kappa shape index (κ3) is 9.56. The van der Waals surface area contributed by atoms with E-state index in [2.05, 4.69) is 40.0 Å². The maximum absolute atomic E-state index is 12.2. The minimum atomic E-state index is -0.526. The van der Waals surface area contributed by atoms with E-state index >= 15 is 0 Å². The van der Waals surface area contributed by atoms with Crippen molar-refractivity contribution in [2.75, 3.05) is 6.61 Å². The Hall–Kier alpha value is -2.37. The Morgan fingerprint density at radius 1 is 1.00 bits per heavy atom. The summed E-state index contributed by atoms with van der Waals surface area (Å²) in [6.45, 7) is 9.32. The van der Waals surface area contributed by atoms with E-state index in [-0.39, 0.29) is 11.9 Å². The first kappa shape index (κ1) is 26.9. The van der Waals surface area contributed by atoms with Crippen LogP contribution in [0.5, 0.6) is 0 Å². The van der Waals surface area contributed by atoms with Crippen molar-refractivity contribution < 1.29 is 14.3 Å². The number of aryl methyl sites for hydroxylation is 2. The van der Waals surface area contributed by atoms with E-state index in [9.17, 15) is 9.59 Å². The minimum absolute atomic E-state index is 0.0453. The van der Waals surface area contributed by atoms with E-state index in [1.807, 2.05) is 19.9 Å². The summed E-state index contributed by atoms with van der Waals surface area (Å²) in [5, 5.41) is 2.86. The van der Waals surface area contributed by atoms with Gasteiger partial charge in [0, 0.05) is 13.0 Å². The number of amides is 1. The SMILES string of the molecule is CCOC(=O)[C@H](CC(C)C)NC(=O)CCCCCCCCCCn1c(C)nc2ccccc21. The van der Waals surface area contributed by atoms with E-state index in [0.29, 0.717) is 25.4 Å². The number of esters is 1. The molecular weight excluding hydrogens is 414 g/mol. The van der Waals surface area contributed by atoms with Crippen molar-refractivity contribution in [1.82, 2.24) is 14.9 Å². The summed E-state index contributed by atoms with van der Waals surface area (Å²) in [6.07, 6.45) is 10.3. The van der Waals surface area contributed by atoms with Crippen molar-refractivity contribution in [2.24, 2.45) is 5.92 Å². The Balaban J connectivity index is 1.52. The van der Waals surface area contributed by atoms with Crippen molar-refractivity contribution in [2.45, 2.75) is 104 Å². The standard InChI is InChI=1S/C27H43N3O3/c1-5-33-27(32)24(20-21(2)3)29-26(31)18-12-10-8-6-7-9-11-15-19-30-22(4)28-23-16-13-14-17-25(23)30/h13-14,16-17,21,24H,5-12,15,18-20H2,1-4H3,(H,29,31)/t24-/m0/s1. The van der Waals surface area contributed by atoms with Gasteiger partial charge in [-0.05, 0) is 51.2 Å². The number of fused-ring (bicyclic) bond motifs is 1. The first-order valence-corrected chi connectivity index (χ1v) is 12.8. The molecule has 1 N–H and O–H groups in total. The summed E-state index contributed by atoms with van der Waals surface area (Å²) in [6, 6.07) is 7.82. The highest BCUT2D eigenvalue weighted by Gasteiger charge is 2.22. The number of ether oxygens (including phenoxy) is 1. The van der Waals surface area contributed by atoms with Crippen LogP contribution >= 0.6 is 0 Å². The average Bonchev–Trinajstić information content (AvgIpc) is 3.09. The molecule has 1 amide bonds. The number of nitrogens with one attached hydrogen (secondary N) is 1. The fourth-order valence-electron chi connectivity index (χ4n) is 4.29. The van der Waals surface area contributed by atoms with Gasteiger partial charge < -0.3 is 14.6 Å². The summed E-state index contributed by atoms with van der Waals surface area (Å²) in [5.41, 5.74) is 2.32. The number of benzene rings is 1. The summed E-state index contributed by atoms with van der Waals surface area (Å²) >= 11 is 0. The van der Waals surface area contributed by atoms with Gasteiger partial charge >= 0.3 is 5.97 Å². The zero-order valence-corrected chi connectivity index (χ0v) is 21.1. The van der Waals surface area contributed by atoms with Crippen LogP contribution in [0.3, 0.4) is 0 Å². The predicted molar refractivity (Wildman–Crippen MR) is 134 cm³/mol. The number of carbonyl (C=O) groups excluding carboxylic acids is 2. The number of hydrogen-bond acceptors (Lipinski definition) is 4. The van der Waals surface area contributed by atoms with E-state index in [0.717, 1.165) is 37.1 Å². The smallest absolute Gasteiger partial charge is 0.328 e. The second-order valence-corrected chi connectivity index (χ2v) is 9.38. The van der Waals surface area contributed by atoms with Crippen LogP contribution in [0.1, 0.15) is 90.8 Å². The predicted octanol–water partition coefficient (Wildman–Crippen LogP) is 5.95. The fraction of sp³-hybridized carbons (Fsp3) is 0.667. The topological polar surface area (TPSA) is 73.2 Å². The molecule has 0 unspecified atom stereocenters. The van der Waals surface area contributed by atoms with Gasteiger partial charge in [0.05, 0.1) is 17.6 Å². The third-order valence-corrected chi connectivity index (χ3v) is 5.99. The number of aromatic nitrogens is 2. The number of carbonyl (C=O) groups is 2. The number of rotatable bonds is 16. The molecule has 0 aliphatic heterocycles. The molecule has 6 nitrogen and oxygen atoms in total. The van der Waals surface area contributed by atoms with Crippen LogP contribution in [0.15, 0.2) is 24.3 Å². The Kier molecular flexibility index (Phi) is 12.0. The van der Waals surface area contributed by atoms with Gasteiger partial charge in [-0.15, -0.1) is 0 Å². The lowest BCUT2D eigenvalue weighted by Crippen LogP contribution is -2.42. The van der Waals surface area contributed by atoms with Gasteiger partial charge in [-0.2, -0.15) is 0 Å². The zero-order valence-electron chi connectivity index (χ0n) is 21.1. The lowest BCUT2D eigenvalue weighted by Gasteiger charge is -2.19. The van der Waals surface area contributed by atoms with Gasteiger partial charge in [-0.3, -0.25) is 4.79 Å². The van der Waals surface area contributed by atoms with E-state index < -0.39 is 6.04 Å². The highest BCUT2D eigenvalue weighted by Crippen LogP contribution is 2.17. The number of imidazole rings is 1. The van der Waals surface area contributed by atoms with Crippen LogP contribution in [0.4, 0.5) is 0 Å². The molecule has 1 aromatic carbocycles. The van der Waals surface area contributed by atoms with Crippen molar-refractivity contribution in [3.63, 3.8) is 0 Å². The van der Waals surface area contributed by atoms with Crippen LogP contribution in [-0.2, 0) is 20.9 Å². The van der Waals surface area contributed by atoms with Gasteiger partial charge in [-0.1, -0.05) is 64.5 Å². The molecule has 1 heterocycles. The molecule has 0 saturated heterocycles. The van der Waals surface area contributed by atoms with Gasteiger partial charge in [0.25, 0.3) is 0 Å². The monoisotopic (exact) mass is 457 g/mol. The largest absolute Gasteiger partial charge is 0.464 e. The van der Waals surface area contributed by atoms with Crippen LogP contribution in [0, 0.1) is 12.8 Å². The molecule has 0 radical (unpaired) electrons. The molecule has 2 rings (SSSR count).